The molecule has 5 nitrogen and oxygen atoms in total. The normalized spacial score (nSPS) is 15.2. The highest BCUT2D eigenvalue weighted by molar-refractivity contribution is 14.0. The first-order valence-corrected chi connectivity index (χ1v) is 6.57. The number of amides is 1. The van der Waals surface area contributed by atoms with Gasteiger partial charge in [0.15, 0.2) is 5.96 Å². The molecule has 1 aliphatic heterocycles. The van der Waals surface area contributed by atoms with Crippen molar-refractivity contribution < 1.29 is 4.79 Å². The minimum Gasteiger partial charge on any atom is -0.357 e. The Balaban J connectivity index is 0.00000289. The molecular formula is C12H25IN4O. The maximum Gasteiger partial charge on any atom is 0.241 e. The summed E-state index contributed by atoms with van der Waals surface area (Å²) in [7, 11) is 0. The third-order valence-corrected chi connectivity index (χ3v) is 2.69. The zero-order valence-electron chi connectivity index (χ0n) is 11.4. The fraction of sp³-hybridized carbons (Fsp3) is 0.833. The van der Waals surface area contributed by atoms with E-state index in [1.807, 2.05) is 13.8 Å². The van der Waals surface area contributed by atoms with Crippen LogP contribution in [0, 0.1) is 0 Å². The summed E-state index contributed by atoms with van der Waals surface area (Å²) >= 11 is 0. The molecule has 0 bridgehead atoms. The maximum atomic E-state index is 11.5. The number of rotatable bonds is 5. The summed E-state index contributed by atoms with van der Waals surface area (Å²) in [4.78, 5) is 18.0. The number of aliphatic imine (C=N–C) groups is 1. The summed E-state index contributed by atoms with van der Waals surface area (Å²) in [5.74, 6) is 0.873. The molecule has 1 aliphatic rings. The van der Waals surface area contributed by atoms with E-state index in [-0.39, 0.29) is 36.4 Å². The van der Waals surface area contributed by atoms with Crippen LogP contribution >= 0.6 is 24.0 Å². The van der Waals surface area contributed by atoms with Crippen molar-refractivity contribution in [2.24, 2.45) is 4.99 Å². The first-order chi connectivity index (χ1) is 8.27. The van der Waals surface area contributed by atoms with Gasteiger partial charge >= 0.3 is 0 Å². The Labute approximate surface area is 127 Å². The smallest absolute Gasteiger partial charge is 0.241 e. The third-order valence-electron chi connectivity index (χ3n) is 2.69. The van der Waals surface area contributed by atoms with Crippen LogP contribution < -0.4 is 10.6 Å². The Hall–Kier alpha value is -0.530. The molecule has 18 heavy (non-hydrogen) atoms. The lowest BCUT2D eigenvalue weighted by Gasteiger charge is -2.20. The Morgan fingerprint density at radius 2 is 1.89 bits per heavy atom. The molecule has 0 atom stereocenters. The van der Waals surface area contributed by atoms with Crippen molar-refractivity contribution in [1.82, 2.24) is 15.5 Å². The minimum atomic E-state index is 0. The number of nitrogens with zero attached hydrogens (tertiary/aromatic N) is 2. The molecule has 1 fully saturated rings. The molecule has 0 aromatic heterocycles. The van der Waals surface area contributed by atoms with E-state index in [0.717, 1.165) is 38.6 Å². The van der Waals surface area contributed by atoms with Crippen molar-refractivity contribution >= 4 is 35.8 Å². The van der Waals surface area contributed by atoms with Gasteiger partial charge in [0.1, 0.15) is 6.54 Å². The number of nitrogens with one attached hydrogen (secondary N) is 2. The van der Waals surface area contributed by atoms with Crippen molar-refractivity contribution in [2.45, 2.75) is 33.1 Å². The van der Waals surface area contributed by atoms with Gasteiger partial charge < -0.3 is 15.5 Å². The molecule has 1 heterocycles. The predicted molar refractivity (Wildman–Crippen MR) is 85.5 cm³/mol. The number of carbonyl (C=O) groups excluding carboxylic acids is 1. The fourth-order valence-corrected chi connectivity index (χ4v) is 1.82. The monoisotopic (exact) mass is 368 g/mol. The SMILES string of the molecule is CCCNC(=O)CN=C(NCC)N1CCCC1.I. The van der Waals surface area contributed by atoms with E-state index in [2.05, 4.69) is 20.5 Å². The molecular weight excluding hydrogens is 343 g/mol. The number of halogens is 1. The Morgan fingerprint density at radius 1 is 1.22 bits per heavy atom. The third kappa shape index (κ3) is 6.42. The lowest BCUT2D eigenvalue weighted by Crippen LogP contribution is -2.40. The van der Waals surface area contributed by atoms with Gasteiger partial charge in [0.05, 0.1) is 0 Å². The highest BCUT2D eigenvalue weighted by atomic mass is 127. The fourth-order valence-electron chi connectivity index (χ4n) is 1.82. The topological polar surface area (TPSA) is 56.7 Å². The van der Waals surface area contributed by atoms with Gasteiger partial charge in [0, 0.05) is 26.2 Å². The summed E-state index contributed by atoms with van der Waals surface area (Å²) in [5.41, 5.74) is 0. The van der Waals surface area contributed by atoms with Crippen molar-refractivity contribution in [3.05, 3.63) is 0 Å². The van der Waals surface area contributed by atoms with Crippen molar-refractivity contribution in [1.29, 1.82) is 0 Å². The second-order valence-electron chi connectivity index (χ2n) is 4.21. The van der Waals surface area contributed by atoms with Crippen molar-refractivity contribution in [3.8, 4) is 0 Å². The lowest BCUT2D eigenvalue weighted by molar-refractivity contribution is -0.119. The summed E-state index contributed by atoms with van der Waals surface area (Å²) < 4.78 is 0. The van der Waals surface area contributed by atoms with Gasteiger partial charge in [-0.2, -0.15) is 0 Å². The summed E-state index contributed by atoms with van der Waals surface area (Å²) in [6.45, 7) is 7.96. The van der Waals surface area contributed by atoms with Gasteiger partial charge in [0.25, 0.3) is 0 Å². The molecule has 0 spiro atoms. The van der Waals surface area contributed by atoms with Crippen LogP contribution in [0.3, 0.4) is 0 Å². The average molecular weight is 368 g/mol. The minimum absolute atomic E-state index is 0. The molecule has 0 aliphatic carbocycles. The first kappa shape index (κ1) is 17.5. The molecule has 6 heteroatoms. The largest absolute Gasteiger partial charge is 0.357 e. The molecule has 1 amide bonds. The molecule has 1 rings (SSSR count). The Morgan fingerprint density at radius 3 is 2.44 bits per heavy atom. The van der Waals surface area contributed by atoms with Crippen LogP contribution in [0.2, 0.25) is 0 Å². The number of hydrogen-bond acceptors (Lipinski definition) is 2. The molecule has 106 valence electrons. The highest BCUT2D eigenvalue weighted by Gasteiger charge is 2.15. The Kier molecular flexibility index (Phi) is 10.1. The van der Waals surface area contributed by atoms with Crippen molar-refractivity contribution in [2.75, 3.05) is 32.7 Å². The van der Waals surface area contributed by atoms with E-state index < -0.39 is 0 Å². The summed E-state index contributed by atoms with van der Waals surface area (Å²) in [5, 5.41) is 6.06. The molecule has 0 unspecified atom stereocenters. The van der Waals surface area contributed by atoms with E-state index >= 15 is 0 Å². The van der Waals surface area contributed by atoms with E-state index in [0.29, 0.717) is 0 Å². The number of likely N-dealkylation sites (tertiary alicyclic amines) is 1. The van der Waals surface area contributed by atoms with Crippen LogP contribution in [0.4, 0.5) is 0 Å². The summed E-state index contributed by atoms with van der Waals surface area (Å²) in [6.07, 6.45) is 3.39. The highest BCUT2D eigenvalue weighted by Crippen LogP contribution is 2.07. The molecule has 2 N–H and O–H groups in total. The van der Waals surface area contributed by atoms with Crippen LogP contribution in [-0.2, 0) is 4.79 Å². The van der Waals surface area contributed by atoms with E-state index in [1.165, 1.54) is 12.8 Å². The van der Waals surface area contributed by atoms with E-state index in [1.54, 1.807) is 0 Å². The number of guanidine groups is 1. The second kappa shape index (κ2) is 10.4. The van der Waals surface area contributed by atoms with Crippen LogP contribution in [0.5, 0.6) is 0 Å². The number of carbonyl (C=O) groups is 1. The van der Waals surface area contributed by atoms with Crippen LogP contribution in [0.15, 0.2) is 4.99 Å². The van der Waals surface area contributed by atoms with Gasteiger partial charge in [-0.05, 0) is 26.2 Å². The predicted octanol–water partition coefficient (Wildman–Crippen LogP) is 1.19. The maximum absolute atomic E-state index is 11.5. The van der Waals surface area contributed by atoms with Gasteiger partial charge in [-0.15, -0.1) is 24.0 Å². The van der Waals surface area contributed by atoms with Crippen LogP contribution in [-0.4, -0.2) is 49.5 Å². The van der Waals surface area contributed by atoms with Gasteiger partial charge in [-0.1, -0.05) is 6.92 Å². The zero-order chi connectivity index (χ0) is 12.5. The quantitative estimate of drug-likeness (QED) is 0.436. The summed E-state index contributed by atoms with van der Waals surface area (Å²) in [6, 6.07) is 0. The van der Waals surface area contributed by atoms with Crippen LogP contribution in [0.25, 0.3) is 0 Å². The van der Waals surface area contributed by atoms with Gasteiger partial charge in [-0.25, -0.2) is 4.99 Å². The van der Waals surface area contributed by atoms with Gasteiger partial charge in [0.2, 0.25) is 5.91 Å². The number of hydrogen-bond donors (Lipinski definition) is 2. The first-order valence-electron chi connectivity index (χ1n) is 6.57. The standard InChI is InChI=1S/C12H24N4O.HI/c1-3-7-14-11(17)10-15-12(13-4-2)16-8-5-6-9-16;/h3-10H2,1-2H3,(H,13,15)(H,14,17);1H. The molecule has 0 radical (unpaired) electrons. The molecule has 1 saturated heterocycles. The molecule has 0 aromatic rings. The lowest BCUT2D eigenvalue weighted by atomic mass is 10.4. The molecule has 0 saturated carbocycles. The average Bonchev–Trinajstić information content (AvgIpc) is 2.85. The van der Waals surface area contributed by atoms with E-state index in [4.69, 9.17) is 0 Å². The Bertz CT molecular complexity index is 265. The van der Waals surface area contributed by atoms with Crippen LogP contribution in [0.1, 0.15) is 33.1 Å². The van der Waals surface area contributed by atoms with Crippen molar-refractivity contribution in [3.63, 3.8) is 0 Å². The second-order valence-corrected chi connectivity index (χ2v) is 4.21. The van der Waals surface area contributed by atoms with E-state index in [9.17, 15) is 4.79 Å². The van der Waals surface area contributed by atoms with Gasteiger partial charge in [-0.3, -0.25) is 4.79 Å². The molecule has 0 aromatic carbocycles. The zero-order valence-corrected chi connectivity index (χ0v) is 13.7.